The molecule has 2 aliphatic rings. The van der Waals surface area contributed by atoms with Gasteiger partial charge in [-0.1, -0.05) is 6.92 Å². The van der Waals surface area contributed by atoms with Crippen molar-refractivity contribution in [3.05, 3.63) is 17.8 Å². The molecule has 2 fully saturated rings. The van der Waals surface area contributed by atoms with E-state index in [-0.39, 0.29) is 0 Å². The molecule has 2 aromatic heterocycles. The molecule has 0 radical (unpaired) electrons. The zero-order valence-electron chi connectivity index (χ0n) is 20.8. The predicted octanol–water partition coefficient (Wildman–Crippen LogP) is 3.07. The van der Waals surface area contributed by atoms with Crippen LogP contribution in [-0.2, 0) is 4.74 Å². The molecule has 0 aliphatic carbocycles. The van der Waals surface area contributed by atoms with Crippen molar-refractivity contribution >= 4 is 23.4 Å². The third kappa shape index (κ3) is 5.59. The first-order valence-corrected chi connectivity index (χ1v) is 12.3. The van der Waals surface area contributed by atoms with Crippen molar-refractivity contribution < 1.29 is 4.74 Å². The molecular weight excluding hydrogens is 430 g/mol. The average Bonchev–Trinajstić information content (AvgIpc) is 3.26. The number of nitriles is 1. The van der Waals surface area contributed by atoms with E-state index >= 15 is 0 Å². The largest absolute Gasteiger partial charge is 0.378 e. The van der Waals surface area contributed by atoms with Crippen LogP contribution in [0.5, 0.6) is 0 Å². The van der Waals surface area contributed by atoms with E-state index in [0.29, 0.717) is 37.8 Å². The van der Waals surface area contributed by atoms with Crippen LogP contribution < -0.4 is 15.1 Å². The third-order valence-electron chi connectivity index (χ3n) is 7.01. The lowest BCUT2D eigenvalue weighted by Crippen LogP contribution is -2.53. The van der Waals surface area contributed by atoms with Gasteiger partial charge in [-0.25, -0.2) is 0 Å². The number of aryl methyl sites for hydroxylation is 1. The van der Waals surface area contributed by atoms with E-state index in [1.54, 1.807) is 0 Å². The van der Waals surface area contributed by atoms with Gasteiger partial charge in [-0.2, -0.15) is 20.3 Å². The Balaban J connectivity index is 1.58. The van der Waals surface area contributed by atoms with Crippen LogP contribution in [0.4, 0.5) is 23.4 Å². The van der Waals surface area contributed by atoms with Crippen molar-refractivity contribution in [2.45, 2.75) is 64.6 Å². The van der Waals surface area contributed by atoms with E-state index in [1.807, 2.05) is 19.1 Å². The van der Waals surface area contributed by atoms with Crippen LogP contribution in [0.2, 0.25) is 0 Å². The molecule has 3 atom stereocenters. The Morgan fingerprint density at radius 1 is 1.24 bits per heavy atom. The predicted molar refractivity (Wildman–Crippen MR) is 134 cm³/mol. The molecule has 0 aromatic carbocycles. The lowest BCUT2D eigenvalue weighted by atomic mass is 9.89. The van der Waals surface area contributed by atoms with Crippen LogP contribution in [0.25, 0.3) is 0 Å². The number of aromatic amines is 1. The molecule has 2 saturated heterocycles. The number of nitrogens with zero attached hydrogens (tertiary/aromatic N) is 7. The summed E-state index contributed by atoms with van der Waals surface area (Å²) in [5.74, 6) is 3.09. The Kier molecular flexibility index (Phi) is 7.85. The maximum Gasteiger partial charge on any atom is 0.229 e. The summed E-state index contributed by atoms with van der Waals surface area (Å²) in [7, 11) is 2.11. The SMILES string of the molecule is CCC1CC(N(C)c2nc(Nc3cc(C)[nH]n3)cc(N3CCOCC3)n2)CC(C)N1CCC#N. The van der Waals surface area contributed by atoms with Crippen molar-refractivity contribution in [2.24, 2.45) is 0 Å². The fourth-order valence-corrected chi connectivity index (χ4v) is 5.11. The topological polar surface area (TPSA) is 109 Å². The Bertz CT molecular complexity index is 981. The summed E-state index contributed by atoms with van der Waals surface area (Å²) in [6.45, 7) is 10.4. The maximum atomic E-state index is 9.07. The van der Waals surface area contributed by atoms with Gasteiger partial charge in [0.05, 0.1) is 19.3 Å². The van der Waals surface area contributed by atoms with Gasteiger partial charge in [0.2, 0.25) is 5.95 Å². The quantitative estimate of drug-likeness (QED) is 0.605. The van der Waals surface area contributed by atoms with Crippen molar-refractivity contribution in [1.82, 2.24) is 25.1 Å². The van der Waals surface area contributed by atoms with Crippen molar-refractivity contribution in [2.75, 3.05) is 55.0 Å². The lowest BCUT2D eigenvalue weighted by molar-refractivity contribution is 0.0803. The minimum atomic E-state index is 0.332. The smallest absolute Gasteiger partial charge is 0.229 e. The Morgan fingerprint density at radius 3 is 2.71 bits per heavy atom. The molecule has 10 nitrogen and oxygen atoms in total. The van der Waals surface area contributed by atoms with Gasteiger partial charge < -0.3 is 19.9 Å². The average molecular weight is 468 g/mol. The first kappa shape index (κ1) is 24.2. The van der Waals surface area contributed by atoms with Gasteiger partial charge in [0, 0.05) is 69.1 Å². The molecule has 10 heteroatoms. The molecule has 0 spiro atoms. The summed E-state index contributed by atoms with van der Waals surface area (Å²) < 4.78 is 5.55. The summed E-state index contributed by atoms with van der Waals surface area (Å²) in [6.07, 6.45) is 3.70. The van der Waals surface area contributed by atoms with Crippen LogP contribution in [0.15, 0.2) is 12.1 Å². The number of H-pyrrole nitrogens is 1. The first-order valence-electron chi connectivity index (χ1n) is 12.3. The van der Waals surface area contributed by atoms with Gasteiger partial charge in [-0.3, -0.25) is 10.00 Å². The molecule has 34 heavy (non-hydrogen) atoms. The molecule has 4 heterocycles. The number of likely N-dealkylation sites (tertiary alicyclic amines) is 1. The zero-order valence-corrected chi connectivity index (χ0v) is 20.8. The van der Waals surface area contributed by atoms with E-state index in [2.05, 4.69) is 57.2 Å². The molecule has 0 bridgehead atoms. The molecule has 3 unspecified atom stereocenters. The zero-order chi connectivity index (χ0) is 24.1. The molecular formula is C24H37N9O. The number of hydrogen-bond acceptors (Lipinski definition) is 9. The number of piperidine rings is 1. The van der Waals surface area contributed by atoms with E-state index < -0.39 is 0 Å². The minimum absolute atomic E-state index is 0.332. The number of anilines is 4. The van der Waals surface area contributed by atoms with Gasteiger partial charge in [-0.05, 0) is 33.1 Å². The summed E-state index contributed by atoms with van der Waals surface area (Å²) in [6, 6.07) is 7.46. The normalized spacial score (nSPS) is 23.5. The standard InChI is InChI=1S/C24H37N9O/c1-5-19-15-20(14-18(3)33(19)8-6-7-25)31(4)24-27-21(26-22-13-17(2)29-30-22)16-23(28-24)32-9-11-34-12-10-32/h13,16,18-20H,5-6,8-12,14-15H2,1-4H3,(H2,26,27,28,29,30). The van der Waals surface area contributed by atoms with Gasteiger partial charge in [0.25, 0.3) is 0 Å². The van der Waals surface area contributed by atoms with Crippen LogP contribution >= 0.6 is 0 Å². The molecule has 4 rings (SSSR count). The monoisotopic (exact) mass is 467 g/mol. The number of aromatic nitrogens is 4. The number of morpholine rings is 1. The van der Waals surface area contributed by atoms with Crippen LogP contribution in [-0.4, -0.2) is 83.1 Å². The summed E-state index contributed by atoms with van der Waals surface area (Å²) in [5, 5.41) is 19.7. The molecule has 184 valence electrons. The summed E-state index contributed by atoms with van der Waals surface area (Å²) in [5.41, 5.74) is 0.991. The Hall–Kier alpha value is -2.90. The van der Waals surface area contributed by atoms with Crippen LogP contribution in [0.3, 0.4) is 0 Å². The van der Waals surface area contributed by atoms with Gasteiger partial charge in [0.15, 0.2) is 5.82 Å². The van der Waals surface area contributed by atoms with Crippen molar-refractivity contribution in [3.63, 3.8) is 0 Å². The number of hydrogen-bond donors (Lipinski definition) is 2. The van der Waals surface area contributed by atoms with E-state index in [1.165, 1.54) is 0 Å². The Labute approximate surface area is 202 Å². The lowest BCUT2D eigenvalue weighted by Gasteiger charge is -2.46. The highest BCUT2D eigenvalue weighted by Gasteiger charge is 2.35. The van der Waals surface area contributed by atoms with E-state index in [9.17, 15) is 0 Å². The second-order valence-corrected chi connectivity index (χ2v) is 9.37. The number of ether oxygens (including phenoxy) is 1. The third-order valence-corrected chi connectivity index (χ3v) is 7.01. The highest BCUT2D eigenvalue weighted by Crippen LogP contribution is 2.31. The molecule has 0 saturated carbocycles. The second-order valence-electron chi connectivity index (χ2n) is 9.37. The van der Waals surface area contributed by atoms with Crippen molar-refractivity contribution in [3.8, 4) is 6.07 Å². The highest BCUT2D eigenvalue weighted by atomic mass is 16.5. The highest BCUT2D eigenvalue weighted by molar-refractivity contribution is 5.60. The first-order chi connectivity index (χ1) is 16.5. The summed E-state index contributed by atoms with van der Waals surface area (Å²) >= 11 is 0. The van der Waals surface area contributed by atoms with Crippen molar-refractivity contribution in [1.29, 1.82) is 5.26 Å². The number of rotatable bonds is 8. The molecule has 2 N–H and O–H groups in total. The fourth-order valence-electron chi connectivity index (χ4n) is 5.11. The van der Waals surface area contributed by atoms with Crippen LogP contribution in [0, 0.1) is 18.3 Å². The maximum absolute atomic E-state index is 9.07. The molecule has 2 aromatic rings. The van der Waals surface area contributed by atoms with E-state index in [4.69, 9.17) is 20.0 Å². The number of nitrogens with one attached hydrogen (secondary N) is 2. The molecule has 2 aliphatic heterocycles. The van der Waals surface area contributed by atoms with Gasteiger partial charge in [0.1, 0.15) is 11.6 Å². The second kappa shape index (κ2) is 11.0. The minimum Gasteiger partial charge on any atom is -0.378 e. The summed E-state index contributed by atoms with van der Waals surface area (Å²) in [4.78, 5) is 16.9. The van der Waals surface area contributed by atoms with E-state index in [0.717, 1.165) is 68.0 Å². The van der Waals surface area contributed by atoms with Gasteiger partial charge in [-0.15, -0.1) is 0 Å². The van der Waals surface area contributed by atoms with Gasteiger partial charge >= 0.3 is 0 Å². The molecule has 0 amide bonds. The van der Waals surface area contributed by atoms with Crippen LogP contribution in [0.1, 0.15) is 45.2 Å². The fraction of sp³-hybridized carbons (Fsp3) is 0.667. The Morgan fingerprint density at radius 2 is 2.03 bits per heavy atom.